The summed E-state index contributed by atoms with van der Waals surface area (Å²) in [5.41, 5.74) is 17.1. The normalized spacial score (nSPS) is 13.5. The molecule has 0 saturated carbocycles. The van der Waals surface area contributed by atoms with Crippen LogP contribution in [0.4, 0.5) is 20.2 Å². The zero-order chi connectivity index (χ0) is 49.0. The summed E-state index contributed by atoms with van der Waals surface area (Å²) in [6, 6.07) is 7.82. The van der Waals surface area contributed by atoms with E-state index in [1.165, 1.54) is 38.4 Å². The van der Waals surface area contributed by atoms with E-state index in [2.05, 4.69) is 65.6 Å². The number of carbonyl (C=O) groups excluding carboxylic acids is 5. The maximum absolute atomic E-state index is 14.3. The number of likely N-dealkylation sites (N-methyl/N-ethyl adjacent to an activating group) is 2. The van der Waals surface area contributed by atoms with Crippen LogP contribution in [0.25, 0.3) is 11.1 Å². The number of hydrogen-bond acceptors (Lipinski definition) is 15. The zero-order valence-electron chi connectivity index (χ0n) is 38.9. The fourth-order valence-corrected chi connectivity index (χ4v) is 6.83. The molecule has 3 aromatic rings. The predicted molar refractivity (Wildman–Crippen MR) is 249 cm³/mol. The number of alkyl halides is 2. The molecule has 1 aromatic heterocycles. The summed E-state index contributed by atoms with van der Waals surface area (Å²) in [7, 11) is 8.47. The number of anilines is 2. The molecule has 2 heterocycles. The van der Waals surface area contributed by atoms with Gasteiger partial charge in [0.15, 0.2) is 0 Å². The number of aliphatic hydroxyl groups is 1. The van der Waals surface area contributed by atoms with Gasteiger partial charge >= 0.3 is 0 Å². The maximum Gasteiger partial charge on any atom is 0.292 e. The van der Waals surface area contributed by atoms with Crippen molar-refractivity contribution in [2.24, 2.45) is 12.8 Å². The van der Waals surface area contributed by atoms with Crippen molar-refractivity contribution in [2.75, 3.05) is 85.2 Å². The van der Waals surface area contributed by atoms with Gasteiger partial charge in [0.1, 0.15) is 6.29 Å². The van der Waals surface area contributed by atoms with Crippen molar-refractivity contribution in [3.63, 3.8) is 0 Å². The van der Waals surface area contributed by atoms with Crippen molar-refractivity contribution in [2.45, 2.75) is 70.5 Å². The number of carbonyl (C=O) groups is 5. The van der Waals surface area contributed by atoms with Gasteiger partial charge in [-0.15, -0.1) is 0 Å². The first-order chi connectivity index (χ1) is 31.7. The Balaban J connectivity index is 0.000000459. The van der Waals surface area contributed by atoms with Gasteiger partial charge in [0.2, 0.25) is 6.41 Å². The Morgan fingerprint density at radius 2 is 1.79 bits per heavy atom. The van der Waals surface area contributed by atoms with Crippen LogP contribution in [0.1, 0.15) is 83.7 Å². The SMILES string of the molecule is CCCc1cc(-c2cnn(C)c2)c(C(F)F)cc1NC(N)/C(CNC)=C(/CCNC=O)NC1CCN(C)CC1.CNC(=O)C(=O)c1cc(N)ccc1C(=O)NCCCO.COOCCC=O. The predicted octanol–water partition coefficient (Wildman–Crippen LogP) is 2.43. The molecule has 1 aliphatic rings. The standard InChI is InChI=1S/C28H44F2N8O.C13H17N3O4.C4H8O3/c1-5-6-19-13-22(20-15-34-38(4)17-20)23(27(29)30)14-26(19)36-28(31)24(16-32-2)25(7-10-33-18-39)35-21-8-11-37(3)12-9-21;1-15-13(20)11(18)10-7-8(14)3-4-9(10)12(19)16-5-2-6-17;1-6-7-4-2-3-5/h13-15,17-18,21,27-28,32,35-36H,5-12,16,31H2,1-4H3,(H,33,39);3-4,7,17H,2,5-6,14H2,1H3,(H,15,20)(H,16,19);3H,2,4H2,1H3/b25-24-;;. The van der Waals surface area contributed by atoms with Crippen molar-refractivity contribution in [1.29, 1.82) is 0 Å². The zero-order valence-corrected chi connectivity index (χ0v) is 38.9. The molecule has 21 heteroatoms. The molecule has 66 heavy (non-hydrogen) atoms. The number of likely N-dealkylation sites (tertiary alicyclic amines) is 1. The minimum absolute atomic E-state index is 0.0496. The smallest absolute Gasteiger partial charge is 0.292 e. The monoisotopic (exact) mass is 930 g/mol. The van der Waals surface area contributed by atoms with Crippen LogP contribution in [-0.4, -0.2) is 136 Å². The van der Waals surface area contributed by atoms with Gasteiger partial charge in [-0.05, 0) is 99.9 Å². The van der Waals surface area contributed by atoms with E-state index in [9.17, 15) is 32.8 Å². The van der Waals surface area contributed by atoms with Gasteiger partial charge in [-0.2, -0.15) is 5.10 Å². The summed E-state index contributed by atoms with van der Waals surface area (Å²) < 4.78 is 30.1. The van der Waals surface area contributed by atoms with Gasteiger partial charge in [0.25, 0.3) is 24.0 Å². The van der Waals surface area contributed by atoms with Crippen molar-refractivity contribution in [3.8, 4) is 11.1 Å². The molecule has 11 N–H and O–H groups in total. The first-order valence-corrected chi connectivity index (χ1v) is 21.8. The summed E-state index contributed by atoms with van der Waals surface area (Å²) in [6.45, 7) is 5.61. The maximum atomic E-state index is 14.3. The van der Waals surface area contributed by atoms with Crippen LogP contribution in [0.3, 0.4) is 0 Å². The number of aliphatic hydroxyl groups excluding tert-OH is 1. The van der Waals surface area contributed by atoms with Gasteiger partial charge in [0.05, 0.1) is 31.6 Å². The van der Waals surface area contributed by atoms with E-state index in [1.54, 1.807) is 24.1 Å². The minimum atomic E-state index is -2.66. The lowest BCUT2D eigenvalue weighted by molar-refractivity contribution is -0.271. The second kappa shape index (κ2) is 31.1. The molecule has 1 unspecified atom stereocenters. The highest BCUT2D eigenvalue weighted by Gasteiger charge is 2.25. The number of amides is 3. The molecule has 1 fully saturated rings. The number of hydrogen-bond donors (Lipinski definition) is 9. The fraction of sp³-hybridized carbons (Fsp3) is 0.511. The topological polar surface area (TPSA) is 269 Å². The summed E-state index contributed by atoms with van der Waals surface area (Å²) in [6.07, 6.45) is 6.49. The van der Waals surface area contributed by atoms with E-state index in [1.807, 2.05) is 13.1 Å². The fourth-order valence-electron chi connectivity index (χ4n) is 6.83. The van der Waals surface area contributed by atoms with Crippen LogP contribution in [0.15, 0.2) is 54.0 Å². The van der Waals surface area contributed by atoms with Gasteiger partial charge in [-0.25, -0.2) is 18.6 Å². The summed E-state index contributed by atoms with van der Waals surface area (Å²) in [4.78, 5) is 66.5. The third-order valence-corrected chi connectivity index (χ3v) is 10.2. The number of aryl methyl sites for hydroxylation is 2. The molecule has 3 amide bonds. The molecule has 366 valence electrons. The van der Waals surface area contributed by atoms with Crippen molar-refractivity contribution in [1.82, 2.24) is 41.3 Å². The Labute approximate surface area is 385 Å². The number of nitrogens with two attached hydrogens (primary N) is 2. The molecule has 0 radical (unpaired) electrons. The molecular weight excluding hydrogens is 861 g/mol. The number of nitrogen functional groups attached to an aromatic ring is 1. The Hall–Kier alpha value is -5.84. The summed E-state index contributed by atoms with van der Waals surface area (Å²) in [5.74, 6) is -2.14. The van der Waals surface area contributed by atoms with E-state index in [4.69, 9.17) is 16.6 Å². The minimum Gasteiger partial charge on any atom is -0.399 e. The number of Topliss-reactive ketones (excluding diaryl/α,β-unsaturated/α-hetero) is 1. The Kier molecular flexibility index (Phi) is 26.6. The third kappa shape index (κ3) is 18.9. The molecule has 0 aliphatic carbocycles. The van der Waals surface area contributed by atoms with Gasteiger partial charge in [-0.3, -0.25) is 23.9 Å². The van der Waals surface area contributed by atoms with Crippen molar-refractivity contribution >= 4 is 41.7 Å². The molecule has 4 rings (SSSR count). The molecule has 1 aliphatic heterocycles. The lowest BCUT2D eigenvalue weighted by atomic mass is 9.95. The number of ketones is 1. The van der Waals surface area contributed by atoms with Crippen LogP contribution in [-0.2, 0) is 37.6 Å². The number of aromatic nitrogens is 2. The Morgan fingerprint density at radius 3 is 2.36 bits per heavy atom. The largest absolute Gasteiger partial charge is 0.399 e. The van der Waals surface area contributed by atoms with E-state index in [0.29, 0.717) is 74.6 Å². The number of piperidine rings is 1. The third-order valence-electron chi connectivity index (χ3n) is 10.2. The van der Waals surface area contributed by atoms with E-state index in [-0.39, 0.29) is 35.5 Å². The number of benzene rings is 2. The van der Waals surface area contributed by atoms with Crippen LogP contribution in [0.2, 0.25) is 0 Å². The summed E-state index contributed by atoms with van der Waals surface area (Å²) >= 11 is 0. The highest BCUT2D eigenvalue weighted by atomic mass is 19.3. The molecule has 0 bridgehead atoms. The van der Waals surface area contributed by atoms with E-state index >= 15 is 0 Å². The van der Waals surface area contributed by atoms with Crippen LogP contribution < -0.4 is 43.4 Å². The van der Waals surface area contributed by atoms with Gasteiger partial charge in [-0.1, -0.05) is 13.3 Å². The quantitative estimate of drug-likeness (QED) is 0.00864. The van der Waals surface area contributed by atoms with Crippen molar-refractivity contribution in [3.05, 3.63) is 76.2 Å². The Bertz CT molecular complexity index is 2010. The van der Waals surface area contributed by atoms with Crippen LogP contribution in [0, 0.1) is 0 Å². The number of nitrogens with zero attached hydrogens (tertiary/aromatic N) is 3. The second-order valence-electron chi connectivity index (χ2n) is 15.2. The van der Waals surface area contributed by atoms with Crippen LogP contribution in [0.5, 0.6) is 0 Å². The molecule has 1 atom stereocenters. The highest BCUT2D eigenvalue weighted by Crippen LogP contribution is 2.36. The number of aldehydes is 1. The second-order valence-corrected chi connectivity index (χ2v) is 15.2. The van der Waals surface area contributed by atoms with Gasteiger partial charge < -0.3 is 58.2 Å². The first kappa shape index (κ1) is 56.3. The first-order valence-electron chi connectivity index (χ1n) is 21.8. The molecule has 1 saturated heterocycles. The number of rotatable bonds is 25. The lowest BCUT2D eigenvalue weighted by Crippen LogP contribution is -2.44. The van der Waals surface area contributed by atoms with Gasteiger partial charge in [0, 0.05) is 99.2 Å². The number of nitrogens with one attached hydrogen (secondary N) is 6. The molecule has 2 aromatic carbocycles. The average molecular weight is 930 g/mol. The molecule has 19 nitrogen and oxygen atoms in total. The molecular formula is C45H69F2N11O8. The lowest BCUT2D eigenvalue weighted by Gasteiger charge is -2.33. The highest BCUT2D eigenvalue weighted by molar-refractivity contribution is 6.44. The van der Waals surface area contributed by atoms with Crippen molar-refractivity contribution < 1.29 is 47.6 Å². The number of halogens is 2. The average Bonchev–Trinajstić information content (AvgIpc) is 3.74. The Morgan fingerprint density at radius 1 is 1.06 bits per heavy atom. The van der Waals surface area contributed by atoms with E-state index < -0.39 is 30.2 Å². The molecule has 0 spiro atoms. The van der Waals surface area contributed by atoms with E-state index in [0.717, 1.165) is 55.5 Å². The van der Waals surface area contributed by atoms with Crippen LogP contribution >= 0.6 is 0 Å². The summed E-state index contributed by atoms with van der Waals surface area (Å²) in [5, 5.41) is 30.6.